The van der Waals surface area contributed by atoms with E-state index in [9.17, 15) is 9.00 Å². The molecule has 20 heavy (non-hydrogen) atoms. The van der Waals surface area contributed by atoms with Gasteiger partial charge in [-0.3, -0.25) is 9.00 Å². The van der Waals surface area contributed by atoms with Gasteiger partial charge in [-0.2, -0.15) is 0 Å². The van der Waals surface area contributed by atoms with Crippen molar-refractivity contribution in [3.8, 4) is 0 Å². The zero-order valence-corrected chi connectivity index (χ0v) is 12.9. The van der Waals surface area contributed by atoms with Crippen molar-refractivity contribution >= 4 is 34.0 Å². The molecule has 1 saturated heterocycles. The lowest BCUT2D eigenvalue weighted by Gasteiger charge is -2.32. The third-order valence-corrected chi connectivity index (χ3v) is 5.09. The van der Waals surface area contributed by atoms with Crippen LogP contribution >= 0.6 is 11.6 Å². The average molecular weight is 316 g/mol. The first-order valence-corrected chi connectivity index (χ1v) is 8.07. The van der Waals surface area contributed by atoms with Crippen molar-refractivity contribution < 1.29 is 9.00 Å². The maximum atomic E-state index is 12.2. The molecule has 1 amide bonds. The van der Waals surface area contributed by atoms with Crippen molar-refractivity contribution in [3.05, 3.63) is 23.2 Å². The number of nitrogen functional groups attached to an aromatic ring is 1. The molecule has 0 saturated carbocycles. The molecule has 1 unspecified atom stereocenters. The molecule has 7 heteroatoms. The van der Waals surface area contributed by atoms with E-state index >= 15 is 0 Å². The van der Waals surface area contributed by atoms with Crippen molar-refractivity contribution in [3.63, 3.8) is 0 Å². The number of anilines is 1. The van der Waals surface area contributed by atoms with Gasteiger partial charge in [-0.25, -0.2) is 0 Å². The van der Waals surface area contributed by atoms with Crippen LogP contribution in [0.25, 0.3) is 0 Å². The Balaban J connectivity index is 2.00. The molecule has 1 aliphatic heterocycles. The van der Waals surface area contributed by atoms with Gasteiger partial charge in [0, 0.05) is 31.9 Å². The Labute approximate surface area is 126 Å². The Morgan fingerprint density at radius 1 is 1.35 bits per heavy atom. The molecule has 0 bridgehead atoms. The van der Waals surface area contributed by atoms with Gasteiger partial charge in [-0.05, 0) is 25.2 Å². The molecule has 5 nitrogen and oxygen atoms in total. The third kappa shape index (κ3) is 3.71. The van der Waals surface area contributed by atoms with Crippen LogP contribution in [0.2, 0.25) is 5.02 Å². The summed E-state index contributed by atoms with van der Waals surface area (Å²) in [6, 6.07) is 4.81. The van der Waals surface area contributed by atoms with E-state index in [0.29, 0.717) is 28.7 Å². The minimum absolute atomic E-state index is 0.0487. The number of nitrogens with two attached hydrogens (primary N) is 1. The third-order valence-electron chi connectivity index (χ3n) is 3.31. The van der Waals surface area contributed by atoms with Crippen molar-refractivity contribution in [1.29, 1.82) is 0 Å². The summed E-state index contributed by atoms with van der Waals surface area (Å²) >= 11 is 6.00. The number of nitrogens with zero attached hydrogens (tertiary/aromatic N) is 2. The van der Waals surface area contributed by atoms with Crippen molar-refractivity contribution in [2.75, 3.05) is 44.7 Å². The number of carbonyl (C=O) groups excluding carboxylic acids is 1. The average Bonchev–Trinajstić information content (AvgIpc) is 2.42. The van der Waals surface area contributed by atoms with E-state index in [2.05, 4.69) is 4.90 Å². The number of benzene rings is 1. The van der Waals surface area contributed by atoms with Crippen molar-refractivity contribution in [2.24, 2.45) is 0 Å². The largest absolute Gasteiger partial charge is 0.399 e. The molecule has 1 fully saturated rings. The van der Waals surface area contributed by atoms with E-state index in [0.717, 1.165) is 13.1 Å². The van der Waals surface area contributed by atoms with Crippen molar-refractivity contribution in [1.82, 2.24) is 9.80 Å². The van der Waals surface area contributed by atoms with Gasteiger partial charge < -0.3 is 15.5 Å². The minimum Gasteiger partial charge on any atom is -0.399 e. The minimum atomic E-state index is -1.46. The Bertz CT molecular complexity index is 530. The Hall–Kier alpha value is -1.11. The van der Waals surface area contributed by atoms with Gasteiger partial charge in [0.1, 0.15) is 5.75 Å². The molecule has 0 aliphatic carbocycles. The first-order chi connectivity index (χ1) is 9.47. The van der Waals surface area contributed by atoms with Gasteiger partial charge in [0.2, 0.25) is 5.91 Å². The highest BCUT2D eigenvalue weighted by Crippen LogP contribution is 2.22. The molecule has 1 aromatic carbocycles. The molecule has 0 spiro atoms. The zero-order chi connectivity index (χ0) is 14.7. The van der Waals surface area contributed by atoms with Crippen LogP contribution in [0.4, 0.5) is 5.69 Å². The molecule has 0 radical (unpaired) electrons. The van der Waals surface area contributed by atoms with Gasteiger partial charge in [-0.1, -0.05) is 11.6 Å². The highest BCUT2D eigenvalue weighted by atomic mass is 35.5. The van der Waals surface area contributed by atoms with E-state index < -0.39 is 10.8 Å². The fraction of sp³-hybridized carbons (Fsp3) is 0.462. The second-order valence-electron chi connectivity index (χ2n) is 4.86. The molecule has 2 rings (SSSR count). The number of carbonyl (C=O) groups is 1. The second-order valence-corrected chi connectivity index (χ2v) is 6.69. The molecular weight excluding hydrogens is 298 g/mol. The van der Waals surface area contributed by atoms with E-state index in [1.807, 2.05) is 7.05 Å². The molecule has 2 N–H and O–H groups in total. The summed E-state index contributed by atoms with van der Waals surface area (Å²) < 4.78 is 12.2. The Kier molecular flexibility index (Phi) is 5.01. The number of amides is 1. The predicted octanol–water partition coefficient (Wildman–Crippen LogP) is 0.804. The molecule has 110 valence electrons. The standard InChI is InChI=1S/C13H18ClN3O2S/c1-16-4-6-17(7-5-16)13(18)9-20(19)12-8-10(15)2-3-11(12)14/h2-3,8H,4-7,9,15H2,1H3. The predicted molar refractivity (Wildman–Crippen MR) is 81.2 cm³/mol. The van der Waals surface area contributed by atoms with E-state index in [1.165, 1.54) is 0 Å². The normalized spacial score (nSPS) is 18.0. The summed E-state index contributed by atoms with van der Waals surface area (Å²) in [4.78, 5) is 16.5. The van der Waals surface area contributed by atoms with Crippen LogP contribution in [0.5, 0.6) is 0 Å². The van der Waals surface area contributed by atoms with Crippen LogP contribution in [0, 0.1) is 0 Å². The second kappa shape index (κ2) is 6.56. The van der Waals surface area contributed by atoms with Gasteiger partial charge >= 0.3 is 0 Å². The number of halogens is 1. The maximum Gasteiger partial charge on any atom is 0.235 e. The van der Waals surface area contributed by atoms with Crippen LogP contribution in [-0.2, 0) is 15.6 Å². The van der Waals surface area contributed by atoms with Gasteiger partial charge in [0.25, 0.3) is 0 Å². The monoisotopic (exact) mass is 315 g/mol. The molecular formula is C13H18ClN3O2S. The molecule has 1 heterocycles. The fourth-order valence-electron chi connectivity index (χ4n) is 2.03. The summed E-state index contributed by atoms with van der Waals surface area (Å²) in [5.41, 5.74) is 6.15. The van der Waals surface area contributed by atoms with Crippen LogP contribution in [-0.4, -0.2) is 58.9 Å². The number of likely N-dealkylation sites (N-methyl/N-ethyl adjacent to an activating group) is 1. The van der Waals surface area contributed by atoms with Gasteiger partial charge in [-0.15, -0.1) is 0 Å². The summed E-state index contributed by atoms with van der Waals surface area (Å²) in [5.74, 6) is -0.151. The SMILES string of the molecule is CN1CCN(C(=O)CS(=O)c2cc(N)ccc2Cl)CC1. The summed E-state index contributed by atoms with van der Waals surface area (Å²) in [6.45, 7) is 3.04. The molecule has 1 atom stereocenters. The van der Waals surface area contributed by atoms with Crippen LogP contribution in [0.15, 0.2) is 23.1 Å². The molecule has 0 aromatic heterocycles. The highest BCUT2D eigenvalue weighted by Gasteiger charge is 2.22. The van der Waals surface area contributed by atoms with E-state index in [4.69, 9.17) is 17.3 Å². The number of hydrogen-bond acceptors (Lipinski definition) is 4. The Morgan fingerprint density at radius 2 is 2.00 bits per heavy atom. The number of piperazine rings is 1. The quantitative estimate of drug-likeness (QED) is 0.838. The molecule has 1 aliphatic rings. The zero-order valence-electron chi connectivity index (χ0n) is 11.3. The number of hydrogen-bond donors (Lipinski definition) is 1. The van der Waals surface area contributed by atoms with Gasteiger partial charge in [0.15, 0.2) is 0 Å². The van der Waals surface area contributed by atoms with E-state index in [1.54, 1.807) is 23.1 Å². The maximum absolute atomic E-state index is 12.2. The topological polar surface area (TPSA) is 66.6 Å². The van der Waals surface area contributed by atoms with Gasteiger partial charge in [0.05, 0.1) is 20.7 Å². The summed E-state index contributed by atoms with van der Waals surface area (Å²) in [5, 5.41) is 0.378. The first-order valence-electron chi connectivity index (χ1n) is 6.37. The lowest BCUT2D eigenvalue weighted by Crippen LogP contribution is -2.48. The van der Waals surface area contributed by atoms with Crippen LogP contribution in [0.3, 0.4) is 0 Å². The van der Waals surface area contributed by atoms with Crippen LogP contribution < -0.4 is 5.73 Å². The summed E-state index contributed by atoms with van der Waals surface area (Å²) in [6.07, 6.45) is 0. The Morgan fingerprint density at radius 3 is 2.65 bits per heavy atom. The van der Waals surface area contributed by atoms with Crippen LogP contribution in [0.1, 0.15) is 0 Å². The molecule has 1 aromatic rings. The first kappa shape index (κ1) is 15.3. The number of rotatable bonds is 3. The summed E-state index contributed by atoms with van der Waals surface area (Å²) in [7, 11) is 0.558. The van der Waals surface area contributed by atoms with E-state index in [-0.39, 0.29) is 11.7 Å². The lowest BCUT2D eigenvalue weighted by atomic mass is 10.3. The smallest absolute Gasteiger partial charge is 0.235 e. The fourth-order valence-corrected chi connectivity index (χ4v) is 3.52. The lowest BCUT2D eigenvalue weighted by molar-refractivity contribution is -0.129. The van der Waals surface area contributed by atoms with Crippen molar-refractivity contribution in [2.45, 2.75) is 4.90 Å². The highest BCUT2D eigenvalue weighted by molar-refractivity contribution is 7.85.